The van der Waals surface area contributed by atoms with Crippen molar-refractivity contribution in [3.05, 3.63) is 59.4 Å². The minimum Gasteiger partial charge on any atom is -0.482 e. The number of hydrogen-bond acceptors (Lipinski definition) is 8. The minimum atomic E-state index is -1.32. The van der Waals surface area contributed by atoms with Gasteiger partial charge < -0.3 is 30.1 Å². The highest BCUT2D eigenvalue weighted by Crippen LogP contribution is 2.40. The van der Waals surface area contributed by atoms with Crippen molar-refractivity contribution in [2.24, 2.45) is 5.92 Å². The van der Waals surface area contributed by atoms with E-state index < -0.39 is 29.6 Å². The Labute approximate surface area is 256 Å². The molecule has 1 aromatic carbocycles. The maximum Gasteiger partial charge on any atom is 0.306 e. The molecule has 2 saturated carbocycles. The number of carbonyl (C=O) groups excluding carboxylic acids is 4. The summed E-state index contributed by atoms with van der Waals surface area (Å²) in [7, 11) is 0. The zero-order valence-electron chi connectivity index (χ0n) is 25.0. The molecule has 4 atom stereocenters. The fourth-order valence-corrected chi connectivity index (χ4v) is 6.20. The number of hydrogen-bond donors (Lipinski definition) is 3. The number of benzene rings is 1. The van der Waals surface area contributed by atoms with Gasteiger partial charge in [-0.05, 0) is 81.0 Å². The smallest absolute Gasteiger partial charge is 0.306 e. The average molecular weight is 605 g/mol. The number of cyclic esters (lactones) is 1. The third kappa shape index (κ3) is 6.72. The molecule has 2 unspecified atom stereocenters. The largest absolute Gasteiger partial charge is 0.482 e. The molecule has 2 aliphatic carbocycles. The number of rotatable bonds is 10. The van der Waals surface area contributed by atoms with Crippen LogP contribution in [0.4, 0.5) is 0 Å². The van der Waals surface area contributed by atoms with Crippen molar-refractivity contribution in [1.29, 1.82) is 0 Å². The third-order valence-corrected chi connectivity index (χ3v) is 9.24. The number of pyridine rings is 1. The molecule has 0 bridgehead atoms. The van der Waals surface area contributed by atoms with E-state index >= 15 is 0 Å². The molecule has 2 saturated heterocycles. The Bertz CT molecular complexity index is 1390. The standard InChI is InChI=1S/C33H40N4O7/c1-20(35-32(41)33(42)13-3-14-33)29(23-9-7-22(8-10-23)21-5-6-21)44-26-11-12-27(34-17-26)30(39)36-25-4-2-15-37(18-25)31(40)24-16-28(38)43-19-24/h7-12,17,20-21,24-25,29,42H,2-6,13-16,18-19H2,1H3,(H,35,41)(H,36,39)/t20?,24-,25+,29?/m1/s1. The fourth-order valence-electron chi connectivity index (χ4n) is 6.20. The predicted molar refractivity (Wildman–Crippen MR) is 159 cm³/mol. The first-order valence-electron chi connectivity index (χ1n) is 15.7. The van der Waals surface area contributed by atoms with Gasteiger partial charge in [0, 0.05) is 19.1 Å². The molecule has 6 rings (SSSR count). The van der Waals surface area contributed by atoms with Crippen LogP contribution < -0.4 is 15.4 Å². The van der Waals surface area contributed by atoms with Crippen molar-refractivity contribution in [2.75, 3.05) is 19.7 Å². The summed E-state index contributed by atoms with van der Waals surface area (Å²) in [5.74, 6) is -0.615. The second-order valence-electron chi connectivity index (χ2n) is 12.7. The van der Waals surface area contributed by atoms with Gasteiger partial charge in [-0.3, -0.25) is 19.2 Å². The Balaban J connectivity index is 1.09. The second kappa shape index (κ2) is 12.6. The zero-order valence-corrected chi connectivity index (χ0v) is 25.0. The molecule has 11 heteroatoms. The topological polar surface area (TPSA) is 147 Å². The number of aromatic nitrogens is 1. The minimum absolute atomic E-state index is 0.102. The highest BCUT2D eigenvalue weighted by Gasteiger charge is 2.43. The van der Waals surface area contributed by atoms with Crippen LogP contribution in [0.3, 0.4) is 0 Å². The summed E-state index contributed by atoms with van der Waals surface area (Å²) in [6.45, 7) is 2.92. The Morgan fingerprint density at radius 3 is 2.48 bits per heavy atom. The number of aliphatic hydroxyl groups is 1. The molecule has 234 valence electrons. The van der Waals surface area contributed by atoms with Crippen molar-refractivity contribution < 1.29 is 33.8 Å². The Morgan fingerprint density at radius 2 is 1.86 bits per heavy atom. The van der Waals surface area contributed by atoms with E-state index in [-0.39, 0.29) is 42.5 Å². The first-order chi connectivity index (χ1) is 21.2. The SMILES string of the molecule is CC(NC(=O)C1(O)CCC1)C(Oc1ccc(C(=O)N[C@H]2CCCN(C(=O)[C@H]3COC(=O)C3)C2)nc1)c1ccc(C2CC2)cc1. The van der Waals surface area contributed by atoms with Crippen molar-refractivity contribution in [2.45, 2.75) is 88.0 Å². The summed E-state index contributed by atoms with van der Waals surface area (Å²) in [6, 6.07) is 10.8. The lowest BCUT2D eigenvalue weighted by atomic mass is 9.79. The van der Waals surface area contributed by atoms with Crippen molar-refractivity contribution in [1.82, 2.24) is 20.5 Å². The van der Waals surface area contributed by atoms with Crippen molar-refractivity contribution in [3.63, 3.8) is 0 Å². The molecular weight excluding hydrogens is 564 g/mol. The number of nitrogens with zero attached hydrogens (tertiary/aromatic N) is 2. The van der Waals surface area contributed by atoms with E-state index in [1.807, 2.05) is 19.1 Å². The van der Waals surface area contributed by atoms with Crippen LogP contribution in [-0.2, 0) is 19.1 Å². The number of nitrogens with one attached hydrogen (secondary N) is 2. The predicted octanol–water partition coefficient (Wildman–Crippen LogP) is 2.78. The van der Waals surface area contributed by atoms with Crippen LogP contribution in [0.1, 0.15) is 91.9 Å². The molecule has 4 fully saturated rings. The molecule has 3 heterocycles. The van der Waals surface area contributed by atoms with E-state index in [1.54, 1.807) is 17.0 Å². The van der Waals surface area contributed by atoms with Gasteiger partial charge in [0.05, 0.1) is 24.6 Å². The number of piperidine rings is 1. The third-order valence-electron chi connectivity index (χ3n) is 9.24. The lowest BCUT2D eigenvalue weighted by molar-refractivity contribution is -0.149. The van der Waals surface area contributed by atoms with Gasteiger partial charge in [0.1, 0.15) is 29.8 Å². The molecular formula is C33H40N4O7. The van der Waals surface area contributed by atoms with E-state index in [2.05, 4.69) is 27.8 Å². The number of likely N-dealkylation sites (tertiary alicyclic amines) is 1. The summed E-state index contributed by atoms with van der Waals surface area (Å²) < 4.78 is 11.3. The van der Waals surface area contributed by atoms with Crippen molar-refractivity contribution >= 4 is 23.7 Å². The molecule has 0 radical (unpaired) electrons. The fraction of sp³-hybridized carbons (Fsp3) is 0.545. The number of carbonyl (C=O) groups is 4. The summed E-state index contributed by atoms with van der Waals surface area (Å²) in [4.78, 5) is 56.1. The van der Waals surface area contributed by atoms with E-state index in [0.717, 1.165) is 24.8 Å². The lowest BCUT2D eigenvalue weighted by Gasteiger charge is -2.37. The lowest BCUT2D eigenvalue weighted by Crippen LogP contribution is -2.55. The highest BCUT2D eigenvalue weighted by molar-refractivity contribution is 5.92. The molecule has 2 aromatic rings. The molecule has 3 N–H and O–H groups in total. The van der Waals surface area contributed by atoms with Gasteiger partial charge in [-0.1, -0.05) is 24.3 Å². The average Bonchev–Trinajstić information content (AvgIpc) is 3.78. The quantitative estimate of drug-likeness (QED) is 0.351. The summed E-state index contributed by atoms with van der Waals surface area (Å²) in [6.07, 6.45) is 6.64. The van der Waals surface area contributed by atoms with E-state index in [4.69, 9.17) is 9.47 Å². The van der Waals surface area contributed by atoms with Crippen LogP contribution in [0.25, 0.3) is 0 Å². The normalized spacial score (nSPS) is 24.0. The maximum atomic E-state index is 13.0. The van der Waals surface area contributed by atoms with Crippen molar-refractivity contribution in [3.8, 4) is 5.75 Å². The van der Waals surface area contributed by atoms with Crippen LogP contribution in [0.15, 0.2) is 42.6 Å². The maximum absolute atomic E-state index is 13.0. The molecule has 1 aromatic heterocycles. The molecule has 11 nitrogen and oxygen atoms in total. The molecule has 0 spiro atoms. The number of ether oxygens (including phenoxy) is 2. The summed E-state index contributed by atoms with van der Waals surface area (Å²) >= 11 is 0. The van der Waals surface area contributed by atoms with Gasteiger partial charge in [-0.25, -0.2) is 4.98 Å². The van der Waals surface area contributed by atoms with Gasteiger partial charge >= 0.3 is 5.97 Å². The van der Waals surface area contributed by atoms with Gasteiger partial charge in [-0.15, -0.1) is 0 Å². The van der Waals surface area contributed by atoms with Crippen LogP contribution >= 0.6 is 0 Å². The van der Waals surface area contributed by atoms with E-state index in [0.29, 0.717) is 37.6 Å². The van der Waals surface area contributed by atoms with Gasteiger partial charge in [0.2, 0.25) is 5.91 Å². The monoisotopic (exact) mass is 604 g/mol. The number of esters is 1. The Kier molecular flexibility index (Phi) is 8.57. The van der Waals surface area contributed by atoms with Crippen LogP contribution in [-0.4, -0.2) is 76.1 Å². The summed E-state index contributed by atoms with van der Waals surface area (Å²) in [5, 5.41) is 16.5. The molecule has 3 amide bonds. The molecule has 2 aliphatic heterocycles. The Morgan fingerprint density at radius 1 is 1.09 bits per heavy atom. The number of amides is 3. The zero-order chi connectivity index (χ0) is 30.8. The van der Waals surface area contributed by atoms with E-state index in [1.165, 1.54) is 24.6 Å². The van der Waals surface area contributed by atoms with Crippen LogP contribution in [0.2, 0.25) is 0 Å². The van der Waals surface area contributed by atoms with Crippen LogP contribution in [0, 0.1) is 5.92 Å². The van der Waals surface area contributed by atoms with Gasteiger partial charge in [-0.2, -0.15) is 0 Å². The van der Waals surface area contributed by atoms with Gasteiger partial charge in [0.25, 0.3) is 11.8 Å². The van der Waals surface area contributed by atoms with Gasteiger partial charge in [0.15, 0.2) is 0 Å². The van der Waals surface area contributed by atoms with E-state index in [9.17, 15) is 24.3 Å². The summed E-state index contributed by atoms with van der Waals surface area (Å²) in [5.41, 5.74) is 1.07. The highest BCUT2D eigenvalue weighted by atomic mass is 16.5. The molecule has 44 heavy (non-hydrogen) atoms. The first kappa shape index (κ1) is 30.1. The second-order valence-corrected chi connectivity index (χ2v) is 12.7. The Hall–Kier alpha value is -3.99. The first-order valence-corrected chi connectivity index (χ1v) is 15.7. The van der Waals surface area contributed by atoms with Crippen LogP contribution in [0.5, 0.6) is 5.75 Å². The molecule has 4 aliphatic rings.